The van der Waals surface area contributed by atoms with Gasteiger partial charge in [0.25, 0.3) is 0 Å². The van der Waals surface area contributed by atoms with E-state index in [9.17, 15) is 13.2 Å². The summed E-state index contributed by atoms with van der Waals surface area (Å²) in [6.45, 7) is 1.64. The predicted molar refractivity (Wildman–Crippen MR) is 101 cm³/mol. The Bertz CT molecular complexity index is 883. The van der Waals surface area contributed by atoms with Crippen LogP contribution in [0, 0.1) is 0 Å². The molecule has 2 rings (SSSR count). The van der Waals surface area contributed by atoms with Gasteiger partial charge < -0.3 is 25.9 Å². The van der Waals surface area contributed by atoms with Crippen LogP contribution in [0.2, 0.25) is 0 Å². The molecule has 0 spiro atoms. The Kier molecular flexibility index (Phi) is 7.23. The lowest BCUT2D eigenvalue weighted by Crippen LogP contribution is -2.22. The van der Waals surface area contributed by atoms with Crippen LogP contribution in [0.15, 0.2) is 46.7 Å². The minimum absolute atomic E-state index is 0.00408. The minimum Gasteiger partial charge on any atom is -0.480 e. The van der Waals surface area contributed by atoms with Crippen LogP contribution >= 0.6 is 0 Å². The molecule has 0 atom stereocenters. The second-order valence-corrected chi connectivity index (χ2v) is 5.76. The molecule has 0 radical (unpaired) electrons. The van der Waals surface area contributed by atoms with Crippen LogP contribution < -0.4 is 21.1 Å². The number of nitrogens with zero attached hydrogens (tertiary/aromatic N) is 3. The molecule has 0 aliphatic carbocycles. The number of oxime groups is 1. The lowest BCUT2D eigenvalue weighted by molar-refractivity contribution is -0.137. The van der Waals surface area contributed by atoms with E-state index < -0.39 is 11.7 Å². The van der Waals surface area contributed by atoms with E-state index in [0.29, 0.717) is 16.8 Å². The topological polar surface area (TPSA) is 117 Å². The number of ether oxygens (including phenoxy) is 2. The Balaban J connectivity index is 2.03. The monoisotopic (exact) mass is 411 g/mol. The van der Waals surface area contributed by atoms with Gasteiger partial charge in [-0.1, -0.05) is 17.3 Å². The van der Waals surface area contributed by atoms with Gasteiger partial charge >= 0.3 is 6.18 Å². The van der Waals surface area contributed by atoms with Crippen molar-refractivity contribution in [2.45, 2.75) is 19.7 Å². The third-order valence-electron chi connectivity index (χ3n) is 3.67. The van der Waals surface area contributed by atoms with Crippen LogP contribution in [0.1, 0.15) is 23.6 Å². The fourth-order valence-electron chi connectivity index (χ4n) is 2.16. The van der Waals surface area contributed by atoms with Crippen LogP contribution in [0.5, 0.6) is 11.8 Å². The molecule has 29 heavy (non-hydrogen) atoms. The highest BCUT2D eigenvalue weighted by atomic mass is 19.4. The molecule has 11 heteroatoms. The van der Waals surface area contributed by atoms with Crippen molar-refractivity contribution in [3.05, 3.63) is 53.1 Å². The Morgan fingerprint density at radius 2 is 1.83 bits per heavy atom. The van der Waals surface area contributed by atoms with Crippen molar-refractivity contribution in [3.63, 3.8) is 0 Å². The summed E-state index contributed by atoms with van der Waals surface area (Å²) in [5, 5.41) is 7.25. The van der Waals surface area contributed by atoms with E-state index in [1.54, 1.807) is 19.1 Å². The summed E-state index contributed by atoms with van der Waals surface area (Å²) in [7, 11) is 1.43. The molecule has 156 valence electrons. The number of benzene rings is 1. The molecule has 0 saturated heterocycles. The first-order valence-corrected chi connectivity index (χ1v) is 8.27. The maximum Gasteiger partial charge on any atom is 0.416 e. The normalized spacial score (nSPS) is 12.6. The van der Waals surface area contributed by atoms with E-state index in [1.165, 1.54) is 19.2 Å². The van der Waals surface area contributed by atoms with Crippen molar-refractivity contribution >= 4 is 11.5 Å². The molecule has 8 nitrogen and oxygen atoms in total. The fraction of sp³-hybridized carbons (Fsp3) is 0.278. The molecule has 0 bridgehead atoms. The highest BCUT2D eigenvalue weighted by Gasteiger charge is 2.29. The standard InChI is InChI=1S/C18H20F3N5O3/c1-11(26-29-9-12-3-5-13(6-4-12)18(19,20)21)14-7-8-16(24-17(14)27-2)28-10-15(22)25-23/h3-8H,9-10,23H2,1-2H3,(H2,22,25)/b26-11+. The van der Waals surface area contributed by atoms with Crippen LogP contribution in [0.3, 0.4) is 0 Å². The third kappa shape index (κ3) is 6.26. The number of rotatable bonds is 8. The second kappa shape index (κ2) is 9.62. The second-order valence-electron chi connectivity index (χ2n) is 5.76. The van der Waals surface area contributed by atoms with Gasteiger partial charge in [0, 0.05) is 6.07 Å². The zero-order valence-electron chi connectivity index (χ0n) is 15.7. The maximum atomic E-state index is 12.6. The van der Waals surface area contributed by atoms with Crippen molar-refractivity contribution in [1.29, 1.82) is 0 Å². The zero-order chi connectivity index (χ0) is 21.4. The number of nitrogens with two attached hydrogens (primary N) is 2. The molecule has 1 aromatic heterocycles. The first-order chi connectivity index (χ1) is 13.7. The van der Waals surface area contributed by atoms with E-state index in [-0.39, 0.29) is 30.8 Å². The molecule has 0 aliphatic heterocycles. The predicted octanol–water partition coefficient (Wildman–Crippen LogP) is 2.66. The van der Waals surface area contributed by atoms with Crippen molar-refractivity contribution in [1.82, 2.24) is 4.98 Å². The van der Waals surface area contributed by atoms with E-state index in [4.69, 9.17) is 25.9 Å². The van der Waals surface area contributed by atoms with Crippen molar-refractivity contribution in [2.24, 2.45) is 21.8 Å². The Labute approximate surface area is 164 Å². The molecule has 1 aromatic carbocycles. The number of alkyl halides is 3. The Morgan fingerprint density at radius 3 is 2.41 bits per heavy atom. The minimum atomic E-state index is -4.38. The molecule has 0 aliphatic rings. The quantitative estimate of drug-likeness (QED) is 0.298. The van der Waals surface area contributed by atoms with Gasteiger partial charge in [0.05, 0.1) is 23.9 Å². The lowest BCUT2D eigenvalue weighted by atomic mass is 10.1. The molecule has 0 saturated carbocycles. The number of hydrogen-bond acceptors (Lipinski definition) is 7. The number of halogens is 3. The van der Waals surface area contributed by atoms with Gasteiger partial charge in [-0.15, -0.1) is 0 Å². The van der Waals surface area contributed by atoms with E-state index in [1.807, 2.05) is 0 Å². The molecule has 4 N–H and O–H groups in total. The van der Waals surface area contributed by atoms with Gasteiger partial charge in [-0.05, 0) is 30.7 Å². The maximum absolute atomic E-state index is 12.6. The fourth-order valence-corrected chi connectivity index (χ4v) is 2.16. The molecule has 1 heterocycles. The highest BCUT2D eigenvalue weighted by molar-refractivity contribution is 6.00. The molecule has 0 unspecified atom stereocenters. The molecular formula is C18H20F3N5O3. The number of hydrazone groups is 1. The van der Waals surface area contributed by atoms with Gasteiger partial charge in [-0.2, -0.15) is 23.3 Å². The van der Waals surface area contributed by atoms with Gasteiger partial charge in [0.15, 0.2) is 5.84 Å². The average molecular weight is 411 g/mol. The summed E-state index contributed by atoms with van der Waals surface area (Å²) in [6, 6.07) is 7.89. The lowest BCUT2D eigenvalue weighted by Gasteiger charge is -2.10. The van der Waals surface area contributed by atoms with Crippen molar-refractivity contribution < 1.29 is 27.5 Å². The first-order valence-electron chi connectivity index (χ1n) is 8.27. The summed E-state index contributed by atoms with van der Waals surface area (Å²) in [6.07, 6.45) is -4.38. The van der Waals surface area contributed by atoms with Gasteiger partial charge in [0.1, 0.15) is 13.2 Å². The van der Waals surface area contributed by atoms with E-state index >= 15 is 0 Å². The van der Waals surface area contributed by atoms with Gasteiger partial charge in [0.2, 0.25) is 11.8 Å². The van der Waals surface area contributed by atoms with E-state index in [2.05, 4.69) is 15.2 Å². The average Bonchev–Trinajstić information content (AvgIpc) is 2.71. The van der Waals surface area contributed by atoms with Crippen LogP contribution in [-0.2, 0) is 17.6 Å². The van der Waals surface area contributed by atoms with Crippen LogP contribution in [-0.4, -0.2) is 30.2 Å². The number of aromatic nitrogens is 1. The summed E-state index contributed by atoms with van der Waals surface area (Å²) in [5.74, 6) is 5.62. The third-order valence-corrected chi connectivity index (χ3v) is 3.67. The number of amidine groups is 1. The van der Waals surface area contributed by atoms with Crippen LogP contribution in [0.25, 0.3) is 0 Å². The number of methoxy groups -OCH3 is 1. The summed E-state index contributed by atoms with van der Waals surface area (Å²) in [5.41, 5.74) is 6.28. The zero-order valence-corrected chi connectivity index (χ0v) is 15.7. The number of hydrogen-bond donors (Lipinski definition) is 2. The summed E-state index contributed by atoms with van der Waals surface area (Å²) >= 11 is 0. The highest BCUT2D eigenvalue weighted by Crippen LogP contribution is 2.29. The van der Waals surface area contributed by atoms with Gasteiger partial charge in [-0.25, -0.2) is 0 Å². The number of pyridine rings is 1. The molecule has 2 aromatic rings. The Morgan fingerprint density at radius 1 is 1.14 bits per heavy atom. The summed E-state index contributed by atoms with van der Waals surface area (Å²) < 4.78 is 48.3. The molecule has 0 amide bonds. The van der Waals surface area contributed by atoms with Gasteiger partial charge in [-0.3, -0.25) is 0 Å². The smallest absolute Gasteiger partial charge is 0.416 e. The molecular weight excluding hydrogens is 391 g/mol. The molecule has 0 fully saturated rings. The largest absolute Gasteiger partial charge is 0.480 e. The Hall–Kier alpha value is -3.50. The SMILES string of the molecule is COc1nc(OC/C(N)=N/N)ccc1/C(C)=N/OCc1ccc(C(F)(F)F)cc1. The van der Waals surface area contributed by atoms with Crippen molar-refractivity contribution in [3.8, 4) is 11.8 Å². The summed E-state index contributed by atoms with van der Waals surface area (Å²) in [4.78, 5) is 9.41. The first kappa shape index (κ1) is 21.8. The van der Waals surface area contributed by atoms with E-state index in [0.717, 1.165) is 12.1 Å². The van der Waals surface area contributed by atoms with Crippen LogP contribution in [0.4, 0.5) is 13.2 Å². The van der Waals surface area contributed by atoms with Crippen molar-refractivity contribution in [2.75, 3.05) is 13.7 Å².